The third kappa shape index (κ3) is 3.50. The summed E-state index contributed by atoms with van der Waals surface area (Å²) in [4.78, 5) is 23.8. The molecule has 2 aromatic rings. The molecule has 3 aliphatic rings. The van der Waals surface area contributed by atoms with Gasteiger partial charge in [0.2, 0.25) is 0 Å². The Balaban J connectivity index is 1.70. The van der Waals surface area contributed by atoms with E-state index in [0.29, 0.717) is 40.6 Å². The molecule has 2 saturated heterocycles. The number of aromatic nitrogens is 1. The standard InChI is InChI=1S/C19H17ClFN5O3S2/c1-10(27)15-14-7-19(8-23-31(28,29)25-19)9-26(14)17(18-22-4-5-30-18)24-16(15)12-3-2-11(21)6-13(12)20/h2-6,16,23,25H,7-9H2,1H3/t16-,19?/m0/s1. The van der Waals surface area contributed by atoms with Gasteiger partial charge < -0.3 is 4.90 Å². The topological polar surface area (TPSA) is 104 Å². The Kier molecular flexibility index (Phi) is 4.79. The summed E-state index contributed by atoms with van der Waals surface area (Å²) >= 11 is 7.72. The number of aliphatic imine (C=N–C) groups is 1. The maximum absolute atomic E-state index is 13.7. The minimum Gasteiger partial charge on any atom is -0.325 e. The van der Waals surface area contributed by atoms with Gasteiger partial charge in [0.05, 0.1) is 5.54 Å². The van der Waals surface area contributed by atoms with Gasteiger partial charge in [0.15, 0.2) is 16.6 Å². The van der Waals surface area contributed by atoms with Crippen LogP contribution in [0.25, 0.3) is 0 Å². The van der Waals surface area contributed by atoms with E-state index in [4.69, 9.17) is 16.6 Å². The highest BCUT2D eigenvalue weighted by Crippen LogP contribution is 2.45. The van der Waals surface area contributed by atoms with Crippen molar-refractivity contribution in [1.82, 2.24) is 19.3 Å². The molecule has 1 spiro atoms. The number of nitrogens with zero attached hydrogens (tertiary/aromatic N) is 3. The highest BCUT2D eigenvalue weighted by atomic mass is 35.5. The number of nitrogens with one attached hydrogen (secondary N) is 2. The normalized spacial score (nSPS) is 27.0. The Morgan fingerprint density at radius 1 is 1.42 bits per heavy atom. The second kappa shape index (κ2) is 7.17. The average Bonchev–Trinajstić information content (AvgIpc) is 3.39. The van der Waals surface area contributed by atoms with E-state index in [-0.39, 0.29) is 17.4 Å². The Morgan fingerprint density at radius 2 is 2.23 bits per heavy atom. The van der Waals surface area contributed by atoms with E-state index in [1.165, 1.54) is 36.5 Å². The first kappa shape index (κ1) is 20.7. The summed E-state index contributed by atoms with van der Waals surface area (Å²) < 4.78 is 43.0. The average molecular weight is 482 g/mol. The summed E-state index contributed by atoms with van der Waals surface area (Å²) in [5.41, 5.74) is 0.774. The Morgan fingerprint density at radius 3 is 2.84 bits per heavy atom. The summed E-state index contributed by atoms with van der Waals surface area (Å²) in [5.74, 6) is -0.167. The molecule has 5 rings (SSSR count). The zero-order valence-corrected chi connectivity index (χ0v) is 18.6. The first-order chi connectivity index (χ1) is 14.7. The van der Waals surface area contributed by atoms with Gasteiger partial charge in [-0.15, -0.1) is 11.3 Å². The molecular formula is C19H17ClFN5O3S2. The third-order valence-corrected chi connectivity index (χ3v) is 7.92. The van der Waals surface area contributed by atoms with Crippen molar-refractivity contribution in [2.45, 2.75) is 24.9 Å². The fourth-order valence-corrected chi connectivity index (χ4v) is 6.58. The van der Waals surface area contributed by atoms with Crippen LogP contribution >= 0.6 is 22.9 Å². The van der Waals surface area contributed by atoms with Gasteiger partial charge >= 0.3 is 0 Å². The molecule has 3 aliphatic heterocycles. The molecule has 4 heterocycles. The van der Waals surface area contributed by atoms with Gasteiger partial charge in [-0.25, -0.2) is 14.1 Å². The number of carbonyl (C=O) groups is 1. The van der Waals surface area contributed by atoms with Crippen molar-refractivity contribution in [2.24, 2.45) is 4.99 Å². The lowest BCUT2D eigenvalue weighted by molar-refractivity contribution is -0.114. The van der Waals surface area contributed by atoms with Crippen molar-refractivity contribution in [3.05, 3.63) is 62.5 Å². The number of fused-ring (bicyclic) bond motifs is 1. The van der Waals surface area contributed by atoms with Gasteiger partial charge in [-0.2, -0.15) is 13.1 Å². The monoisotopic (exact) mass is 481 g/mol. The lowest BCUT2D eigenvalue weighted by Gasteiger charge is -2.32. The van der Waals surface area contributed by atoms with Gasteiger partial charge in [-0.3, -0.25) is 9.79 Å². The van der Waals surface area contributed by atoms with Crippen molar-refractivity contribution in [2.75, 3.05) is 13.1 Å². The molecular weight excluding hydrogens is 465 g/mol. The molecule has 2 fully saturated rings. The second-order valence-corrected chi connectivity index (χ2v) is 10.5. The van der Waals surface area contributed by atoms with E-state index in [0.717, 1.165) is 0 Å². The molecule has 162 valence electrons. The molecule has 0 radical (unpaired) electrons. The van der Waals surface area contributed by atoms with Crippen LogP contribution in [0.3, 0.4) is 0 Å². The molecule has 0 aliphatic carbocycles. The molecule has 0 saturated carbocycles. The van der Waals surface area contributed by atoms with Crippen LogP contribution in [-0.4, -0.2) is 48.5 Å². The number of rotatable bonds is 3. The first-order valence-electron chi connectivity index (χ1n) is 9.41. The summed E-state index contributed by atoms with van der Waals surface area (Å²) in [7, 11) is -3.62. The van der Waals surface area contributed by atoms with Crippen LogP contribution in [0.2, 0.25) is 5.02 Å². The number of carbonyl (C=O) groups excluding carboxylic acids is 1. The van der Waals surface area contributed by atoms with Gasteiger partial charge in [-0.05, 0) is 19.1 Å². The minimum absolute atomic E-state index is 0.163. The summed E-state index contributed by atoms with van der Waals surface area (Å²) in [6, 6.07) is 3.24. The van der Waals surface area contributed by atoms with Crippen molar-refractivity contribution in [3.8, 4) is 0 Å². The van der Waals surface area contributed by atoms with Gasteiger partial charge in [0.1, 0.15) is 11.9 Å². The molecule has 2 atom stereocenters. The van der Waals surface area contributed by atoms with Crippen LogP contribution in [0.4, 0.5) is 4.39 Å². The van der Waals surface area contributed by atoms with Gasteiger partial charge in [-0.1, -0.05) is 17.7 Å². The molecule has 1 unspecified atom stereocenters. The fraction of sp³-hybridized carbons (Fsp3) is 0.316. The molecule has 12 heteroatoms. The van der Waals surface area contributed by atoms with E-state index in [1.54, 1.807) is 6.20 Å². The Bertz CT molecular complexity index is 1260. The number of thiazole rings is 1. The Labute approximate surface area is 187 Å². The number of halogens is 2. The van der Waals surface area contributed by atoms with E-state index in [1.807, 2.05) is 10.3 Å². The van der Waals surface area contributed by atoms with Crippen LogP contribution in [0, 0.1) is 5.82 Å². The smallest absolute Gasteiger partial charge is 0.277 e. The zero-order chi connectivity index (χ0) is 22.0. The fourth-order valence-electron chi connectivity index (χ4n) is 4.35. The zero-order valence-electron chi connectivity index (χ0n) is 16.2. The summed E-state index contributed by atoms with van der Waals surface area (Å²) in [5, 5.41) is 2.61. The number of amidine groups is 1. The quantitative estimate of drug-likeness (QED) is 0.699. The van der Waals surface area contributed by atoms with Crippen LogP contribution in [0.15, 0.2) is 46.0 Å². The summed E-state index contributed by atoms with van der Waals surface area (Å²) in [6.45, 7) is 1.93. The maximum atomic E-state index is 13.7. The van der Waals surface area contributed by atoms with E-state index in [9.17, 15) is 17.6 Å². The highest BCUT2D eigenvalue weighted by Gasteiger charge is 2.52. The molecule has 1 aromatic heterocycles. The van der Waals surface area contributed by atoms with Crippen LogP contribution in [0.1, 0.15) is 30.0 Å². The minimum atomic E-state index is -3.62. The van der Waals surface area contributed by atoms with Gasteiger partial charge in [0, 0.05) is 52.9 Å². The van der Waals surface area contributed by atoms with Crippen LogP contribution in [-0.2, 0) is 15.0 Å². The van der Waals surface area contributed by atoms with Crippen molar-refractivity contribution >= 4 is 44.8 Å². The third-order valence-electron chi connectivity index (χ3n) is 5.60. The van der Waals surface area contributed by atoms with Crippen molar-refractivity contribution < 1.29 is 17.6 Å². The van der Waals surface area contributed by atoms with E-state index in [2.05, 4.69) is 14.4 Å². The Hall–Kier alpha value is -2.18. The SMILES string of the molecule is CC(=O)C1=C2CC3(CNS(=O)(=O)N3)CN2C(c2nccs2)=N[C@H]1c1ccc(F)cc1Cl. The summed E-state index contributed by atoms with van der Waals surface area (Å²) in [6.07, 6.45) is 1.95. The number of benzene rings is 1. The lowest BCUT2D eigenvalue weighted by Crippen LogP contribution is -2.47. The number of hydrogen-bond donors (Lipinski definition) is 2. The second-order valence-electron chi connectivity index (χ2n) is 7.74. The number of Topliss-reactive ketones (excluding diaryl/α,β-unsaturated/α-hetero) is 1. The van der Waals surface area contributed by atoms with Crippen molar-refractivity contribution in [1.29, 1.82) is 0 Å². The largest absolute Gasteiger partial charge is 0.325 e. The lowest BCUT2D eigenvalue weighted by atomic mass is 9.90. The van der Waals surface area contributed by atoms with Crippen LogP contribution < -0.4 is 9.44 Å². The van der Waals surface area contributed by atoms with Crippen molar-refractivity contribution in [3.63, 3.8) is 0 Å². The van der Waals surface area contributed by atoms with E-state index >= 15 is 0 Å². The molecule has 1 aromatic carbocycles. The molecule has 0 bridgehead atoms. The predicted octanol–water partition coefficient (Wildman–Crippen LogP) is 2.16. The first-order valence-corrected chi connectivity index (χ1v) is 12.1. The predicted molar refractivity (Wildman–Crippen MR) is 115 cm³/mol. The molecule has 31 heavy (non-hydrogen) atoms. The highest BCUT2D eigenvalue weighted by molar-refractivity contribution is 7.87. The number of ketones is 1. The molecule has 2 N–H and O–H groups in total. The molecule has 8 nitrogen and oxygen atoms in total. The number of hydrogen-bond acceptors (Lipinski definition) is 7. The van der Waals surface area contributed by atoms with Gasteiger partial charge in [0.25, 0.3) is 10.2 Å². The van der Waals surface area contributed by atoms with E-state index < -0.39 is 27.6 Å². The van der Waals surface area contributed by atoms with Crippen LogP contribution in [0.5, 0.6) is 0 Å². The maximum Gasteiger partial charge on any atom is 0.277 e. The molecule has 0 amide bonds.